The minimum Gasteiger partial charge on any atom is -0.493 e. The van der Waals surface area contributed by atoms with Crippen molar-refractivity contribution in [2.45, 2.75) is 19.3 Å². The second-order valence-corrected chi connectivity index (χ2v) is 8.64. The van der Waals surface area contributed by atoms with Crippen molar-refractivity contribution in [3.63, 3.8) is 0 Å². The van der Waals surface area contributed by atoms with Crippen molar-refractivity contribution in [2.24, 2.45) is 5.92 Å². The number of sulfonamides is 1. The quantitative estimate of drug-likeness (QED) is 0.765. The van der Waals surface area contributed by atoms with E-state index >= 15 is 0 Å². The maximum absolute atomic E-state index is 11.2. The number of fused-ring (bicyclic) bond motifs is 1. The molecule has 1 N–H and O–H groups in total. The lowest BCUT2D eigenvalue weighted by Crippen LogP contribution is -2.35. The van der Waals surface area contributed by atoms with Gasteiger partial charge in [-0.25, -0.2) is 23.1 Å². The van der Waals surface area contributed by atoms with Crippen LogP contribution in [0.5, 0.6) is 11.5 Å². The molecule has 0 unspecified atom stereocenters. The minimum atomic E-state index is -3.11. The van der Waals surface area contributed by atoms with Gasteiger partial charge in [0.25, 0.3) is 0 Å². The number of methoxy groups -OCH3 is 2. The van der Waals surface area contributed by atoms with E-state index in [-0.39, 0.29) is 0 Å². The molecule has 8 nitrogen and oxygen atoms in total. The second-order valence-electron chi connectivity index (χ2n) is 6.81. The highest BCUT2D eigenvalue weighted by Crippen LogP contribution is 2.35. The number of hydrogen-bond acceptors (Lipinski definition) is 7. The molecule has 27 heavy (non-hydrogen) atoms. The maximum atomic E-state index is 11.2. The van der Waals surface area contributed by atoms with Gasteiger partial charge in [-0.1, -0.05) is 0 Å². The topological polar surface area (TPSA) is 93.7 Å². The van der Waals surface area contributed by atoms with Crippen LogP contribution in [0.3, 0.4) is 0 Å². The summed E-state index contributed by atoms with van der Waals surface area (Å²) in [4.78, 5) is 11.1. The third kappa shape index (κ3) is 4.78. The predicted molar refractivity (Wildman–Crippen MR) is 105 cm³/mol. The molecule has 148 valence electrons. The lowest BCUT2D eigenvalue weighted by molar-refractivity contribution is 0.355. The van der Waals surface area contributed by atoms with E-state index < -0.39 is 10.0 Å². The molecule has 1 saturated heterocycles. The Balaban J connectivity index is 1.71. The number of rotatable bonds is 7. The van der Waals surface area contributed by atoms with Gasteiger partial charge in [0.05, 0.1) is 26.0 Å². The van der Waals surface area contributed by atoms with Gasteiger partial charge in [0, 0.05) is 31.1 Å². The summed E-state index contributed by atoms with van der Waals surface area (Å²) in [5.74, 6) is 2.71. The largest absolute Gasteiger partial charge is 0.493 e. The summed E-state index contributed by atoms with van der Waals surface area (Å²) in [6, 6.07) is 3.79. The number of ether oxygens (including phenoxy) is 2. The Morgan fingerprint density at radius 3 is 2.44 bits per heavy atom. The summed E-state index contributed by atoms with van der Waals surface area (Å²) in [6.07, 6.45) is 5.63. The third-order valence-electron chi connectivity index (χ3n) is 4.95. The molecule has 0 aliphatic carbocycles. The Hall–Kier alpha value is -2.13. The fourth-order valence-electron chi connectivity index (χ4n) is 3.50. The molecule has 0 spiro atoms. The molecular formula is C18H26N4O4S. The summed E-state index contributed by atoms with van der Waals surface area (Å²) in [5, 5.41) is 0.937. The van der Waals surface area contributed by atoms with Gasteiger partial charge in [-0.3, -0.25) is 0 Å². The van der Waals surface area contributed by atoms with E-state index in [1.807, 2.05) is 12.1 Å². The lowest BCUT2D eigenvalue weighted by Gasteiger charge is -2.33. The minimum absolute atomic E-state index is 0.497. The molecule has 0 radical (unpaired) electrons. The van der Waals surface area contributed by atoms with Gasteiger partial charge in [-0.15, -0.1) is 0 Å². The fraction of sp³-hybridized carbons (Fsp3) is 0.556. The first-order valence-corrected chi connectivity index (χ1v) is 10.9. The van der Waals surface area contributed by atoms with Gasteiger partial charge in [0.1, 0.15) is 12.1 Å². The fourth-order valence-corrected chi connectivity index (χ4v) is 3.99. The summed E-state index contributed by atoms with van der Waals surface area (Å²) >= 11 is 0. The van der Waals surface area contributed by atoms with Crippen LogP contribution in [0.1, 0.15) is 19.3 Å². The summed E-state index contributed by atoms with van der Waals surface area (Å²) in [6.45, 7) is 2.25. The van der Waals surface area contributed by atoms with E-state index in [1.165, 1.54) is 6.26 Å². The number of aromatic nitrogens is 2. The SMILES string of the molecule is COc1cc2ncnc(N3CCC(CCNS(C)(=O)=O)CC3)c2cc1OC. The zero-order valence-corrected chi connectivity index (χ0v) is 16.8. The van der Waals surface area contributed by atoms with Crippen molar-refractivity contribution in [3.05, 3.63) is 18.5 Å². The summed E-state index contributed by atoms with van der Waals surface area (Å²) < 4.78 is 35.7. The first kappa shape index (κ1) is 19.6. The van der Waals surface area contributed by atoms with Crippen LogP contribution >= 0.6 is 0 Å². The van der Waals surface area contributed by atoms with Gasteiger partial charge in [0.15, 0.2) is 11.5 Å². The Kier molecular flexibility index (Phi) is 6.01. The molecule has 1 aliphatic heterocycles. The molecule has 2 aromatic rings. The van der Waals surface area contributed by atoms with E-state index in [2.05, 4.69) is 19.6 Å². The maximum Gasteiger partial charge on any atom is 0.208 e. The highest BCUT2D eigenvalue weighted by Gasteiger charge is 2.22. The zero-order chi connectivity index (χ0) is 19.4. The van der Waals surface area contributed by atoms with Crippen molar-refractivity contribution in [3.8, 4) is 11.5 Å². The average Bonchev–Trinajstić information content (AvgIpc) is 2.66. The van der Waals surface area contributed by atoms with Gasteiger partial charge in [0.2, 0.25) is 10.0 Å². The Bertz CT molecular complexity index is 896. The zero-order valence-electron chi connectivity index (χ0n) is 15.9. The van der Waals surface area contributed by atoms with Crippen molar-refractivity contribution < 1.29 is 17.9 Å². The van der Waals surface area contributed by atoms with Crippen LogP contribution in [0.4, 0.5) is 5.82 Å². The first-order chi connectivity index (χ1) is 12.9. The lowest BCUT2D eigenvalue weighted by atomic mass is 9.93. The van der Waals surface area contributed by atoms with Crippen LogP contribution in [-0.4, -0.2) is 58.5 Å². The van der Waals surface area contributed by atoms with Crippen molar-refractivity contribution in [1.82, 2.24) is 14.7 Å². The molecule has 0 saturated carbocycles. The molecule has 0 bridgehead atoms. The van der Waals surface area contributed by atoms with E-state index in [4.69, 9.17) is 9.47 Å². The highest BCUT2D eigenvalue weighted by molar-refractivity contribution is 7.88. The molecule has 0 amide bonds. The Labute approximate surface area is 159 Å². The predicted octanol–water partition coefficient (Wildman–Crippen LogP) is 1.80. The smallest absolute Gasteiger partial charge is 0.208 e. The van der Waals surface area contributed by atoms with Gasteiger partial charge < -0.3 is 14.4 Å². The number of nitrogens with one attached hydrogen (secondary N) is 1. The molecule has 1 aromatic carbocycles. The average molecular weight is 394 g/mol. The molecule has 2 heterocycles. The molecule has 0 atom stereocenters. The highest BCUT2D eigenvalue weighted by atomic mass is 32.2. The van der Waals surface area contributed by atoms with Gasteiger partial charge in [-0.05, 0) is 31.2 Å². The van der Waals surface area contributed by atoms with Gasteiger partial charge in [-0.2, -0.15) is 0 Å². The van der Waals surface area contributed by atoms with Crippen molar-refractivity contribution in [1.29, 1.82) is 0 Å². The second kappa shape index (κ2) is 8.26. The molecular weight excluding hydrogens is 368 g/mol. The number of piperidine rings is 1. The molecule has 1 aliphatic rings. The van der Waals surface area contributed by atoms with E-state index in [9.17, 15) is 8.42 Å². The van der Waals surface area contributed by atoms with Crippen LogP contribution < -0.4 is 19.1 Å². The number of benzene rings is 1. The normalized spacial score (nSPS) is 15.9. The van der Waals surface area contributed by atoms with Crippen LogP contribution in [0.2, 0.25) is 0 Å². The van der Waals surface area contributed by atoms with Crippen molar-refractivity contribution in [2.75, 3.05) is 45.0 Å². The van der Waals surface area contributed by atoms with E-state index in [1.54, 1.807) is 20.5 Å². The number of hydrogen-bond donors (Lipinski definition) is 1. The van der Waals surface area contributed by atoms with Crippen LogP contribution in [0, 0.1) is 5.92 Å². The van der Waals surface area contributed by atoms with Crippen molar-refractivity contribution >= 4 is 26.7 Å². The monoisotopic (exact) mass is 394 g/mol. The molecule has 1 aromatic heterocycles. The summed E-state index contributed by atoms with van der Waals surface area (Å²) in [5.41, 5.74) is 0.817. The first-order valence-electron chi connectivity index (χ1n) is 8.97. The van der Waals surface area contributed by atoms with Crippen LogP contribution in [-0.2, 0) is 10.0 Å². The Morgan fingerprint density at radius 2 is 1.81 bits per heavy atom. The molecule has 3 rings (SSSR count). The molecule has 9 heteroatoms. The Morgan fingerprint density at radius 1 is 1.15 bits per heavy atom. The number of nitrogens with zero attached hydrogens (tertiary/aromatic N) is 3. The molecule has 1 fully saturated rings. The van der Waals surface area contributed by atoms with Gasteiger partial charge >= 0.3 is 0 Å². The van der Waals surface area contributed by atoms with Crippen LogP contribution in [0.25, 0.3) is 10.9 Å². The third-order valence-corrected chi connectivity index (χ3v) is 5.68. The summed E-state index contributed by atoms with van der Waals surface area (Å²) in [7, 11) is 0.106. The van der Waals surface area contributed by atoms with E-state index in [0.717, 1.165) is 49.1 Å². The van der Waals surface area contributed by atoms with Crippen LogP contribution in [0.15, 0.2) is 18.5 Å². The van der Waals surface area contributed by atoms with E-state index in [0.29, 0.717) is 24.0 Å². The standard InChI is InChI=1S/C18H26N4O4S/c1-25-16-10-14-15(11-17(16)26-2)19-12-20-18(14)22-8-5-13(6-9-22)4-7-21-27(3,23)24/h10-13,21H,4-9H2,1-3H3. The number of anilines is 1.